The Morgan fingerprint density at radius 3 is 3.00 bits per heavy atom. The molecule has 2 fully saturated rings. The van der Waals surface area contributed by atoms with Crippen LogP contribution in [0.25, 0.3) is 0 Å². The normalized spacial score (nSPS) is 48.3. The molecule has 1 saturated heterocycles. The van der Waals surface area contributed by atoms with Gasteiger partial charge in [0.15, 0.2) is 0 Å². The van der Waals surface area contributed by atoms with Gasteiger partial charge >= 0.3 is 0 Å². The van der Waals surface area contributed by atoms with Crippen molar-refractivity contribution >= 4 is 0 Å². The molecule has 2 heteroatoms. The molecule has 0 bridgehead atoms. The van der Waals surface area contributed by atoms with Crippen molar-refractivity contribution in [3.8, 4) is 0 Å². The second-order valence-corrected chi connectivity index (χ2v) is 3.01. The van der Waals surface area contributed by atoms with E-state index in [2.05, 4.69) is 0 Å². The van der Waals surface area contributed by atoms with Gasteiger partial charge in [0.2, 0.25) is 0 Å². The van der Waals surface area contributed by atoms with Crippen LogP contribution in [0.2, 0.25) is 0 Å². The van der Waals surface area contributed by atoms with Crippen molar-refractivity contribution in [2.24, 2.45) is 5.92 Å². The Morgan fingerprint density at radius 1 is 1.44 bits per heavy atom. The molecular weight excluding hydrogens is 116 g/mol. The van der Waals surface area contributed by atoms with Crippen LogP contribution < -0.4 is 0 Å². The summed E-state index contributed by atoms with van der Waals surface area (Å²) in [6.07, 6.45) is 4.59. The Hall–Kier alpha value is -0.0800. The summed E-state index contributed by atoms with van der Waals surface area (Å²) in [6, 6.07) is 0. The number of ether oxygens (including phenoxy) is 1. The first-order chi connectivity index (χ1) is 4.42. The van der Waals surface area contributed by atoms with Crippen LogP contribution in [0.15, 0.2) is 0 Å². The zero-order valence-corrected chi connectivity index (χ0v) is 5.42. The highest BCUT2D eigenvalue weighted by Gasteiger charge is 2.46. The van der Waals surface area contributed by atoms with Crippen molar-refractivity contribution in [1.29, 1.82) is 0 Å². The van der Waals surface area contributed by atoms with Crippen LogP contribution in [-0.2, 0) is 4.74 Å². The molecule has 0 spiro atoms. The van der Waals surface area contributed by atoms with E-state index in [0.717, 1.165) is 6.42 Å². The van der Waals surface area contributed by atoms with Gasteiger partial charge in [0.1, 0.15) is 0 Å². The molecule has 1 aliphatic heterocycles. The van der Waals surface area contributed by atoms with Crippen molar-refractivity contribution in [1.82, 2.24) is 0 Å². The second-order valence-electron chi connectivity index (χ2n) is 3.01. The van der Waals surface area contributed by atoms with Gasteiger partial charge in [-0.3, -0.25) is 0 Å². The number of epoxide rings is 1. The molecule has 0 radical (unpaired) electrons. The van der Waals surface area contributed by atoms with Gasteiger partial charge in [-0.2, -0.15) is 0 Å². The summed E-state index contributed by atoms with van der Waals surface area (Å²) >= 11 is 0. The standard InChI is InChI=1S/C7H12O2/c8-4-5-2-1-3-6-7(5)9-6/h5-8H,1-4H2. The Kier molecular flexibility index (Phi) is 1.24. The zero-order valence-electron chi connectivity index (χ0n) is 5.42. The van der Waals surface area contributed by atoms with Gasteiger partial charge < -0.3 is 9.84 Å². The first-order valence-electron chi connectivity index (χ1n) is 3.68. The average molecular weight is 128 g/mol. The minimum Gasteiger partial charge on any atom is -0.396 e. The van der Waals surface area contributed by atoms with E-state index in [4.69, 9.17) is 9.84 Å². The molecule has 2 aliphatic rings. The summed E-state index contributed by atoms with van der Waals surface area (Å²) in [5.41, 5.74) is 0. The fourth-order valence-electron chi connectivity index (χ4n) is 1.74. The fourth-order valence-corrected chi connectivity index (χ4v) is 1.74. The van der Waals surface area contributed by atoms with Crippen molar-refractivity contribution in [2.45, 2.75) is 31.5 Å². The van der Waals surface area contributed by atoms with E-state index in [0.29, 0.717) is 24.7 Å². The topological polar surface area (TPSA) is 32.8 Å². The molecule has 0 aromatic heterocycles. The largest absolute Gasteiger partial charge is 0.396 e. The van der Waals surface area contributed by atoms with Gasteiger partial charge in [-0.25, -0.2) is 0 Å². The van der Waals surface area contributed by atoms with Crippen LogP contribution in [-0.4, -0.2) is 23.9 Å². The van der Waals surface area contributed by atoms with Crippen LogP contribution in [0.5, 0.6) is 0 Å². The maximum Gasteiger partial charge on any atom is 0.0891 e. The van der Waals surface area contributed by atoms with Gasteiger partial charge in [-0.15, -0.1) is 0 Å². The van der Waals surface area contributed by atoms with Crippen molar-refractivity contribution in [2.75, 3.05) is 6.61 Å². The molecule has 3 atom stereocenters. The molecule has 1 N–H and O–H groups in total. The van der Waals surface area contributed by atoms with E-state index in [1.54, 1.807) is 0 Å². The number of hydrogen-bond donors (Lipinski definition) is 1. The molecule has 0 amide bonds. The lowest BCUT2D eigenvalue weighted by Crippen LogP contribution is -2.19. The fraction of sp³-hybridized carbons (Fsp3) is 1.00. The highest BCUT2D eigenvalue weighted by atomic mass is 16.6. The van der Waals surface area contributed by atoms with Gasteiger partial charge in [-0.05, 0) is 12.8 Å². The Balaban J connectivity index is 1.93. The quantitative estimate of drug-likeness (QED) is 0.523. The number of hydrogen-bond acceptors (Lipinski definition) is 2. The molecule has 9 heavy (non-hydrogen) atoms. The highest BCUT2D eigenvalue weighted by molar-refractivity contribution is 4.93. The van der Waals surface area contributed by atoms with E-state index in [-0.39, 0.29) is 0 Å². The molecule has 1 aliphatic carbocycles. The summed E-state index contributed by atoms with van der Waals surface area (Å²) in [5.74, 6) is 0.462. The summed E-state index contributed by atoms with van der Waals surface area (Å²) < 4.78 is 5.32. The third kappa shape index (κ3) is 0.864. The average Bonchev–Trinajstić information content (AvgIpc) is 2.64. The van der Waals surface area contributed by atoms with Crippen LogP contribution in [0, 0.1) is 5.92 Å². The number of rotatable bonds is 1. The minimum atomic E-state index is 0.321. The highest BCUT2D eigenvalue weighted by Crippen LogP contribution is 2.40. The van der Waals surface area contributed by atoms with Crippen LogP contribution >= 0.6 is 0 Å². The van der Waals surface area contributed by atoms with E-state index in [9.17, 15) is 0 Å². The molecule has 0 aromatic rings. The summed E-state index contributed by atoms with van der Waals surface area (Å²) in [6.45, 7) is 0.321. The summed E-state index contributed by atoms with van der Waals surface area (Å²) in [5, 5.41) is 8.81. The molecule has 0 aromatic carbocycles. The lowest BCUT2D eigenvalue weighted by Gasteiger charge is -2.14. The predicted octanol–water partition coefficient (Wildman–Crippen LogP) is 0.546. The van der Waals surface area contributed by atoms with Crippen molar-refractivity contribution in [3.63, 3.8) is 0 Å². The monoisotopic (exact) mass is 128 g/mol. The Labute approximate surface area is 54.8 Å². The maximum absolute atomic E-state index is 8.81. The SMILES string of the molecule is OCC1CCCC2OC12. The summed E-state index contributed by atoms with van der Waals surface area (Å²) in [7, 11) is 0. The molecule has 3 unspecified atom stereocenters. The van der Waals surface area contributed by atoms with E-state index >= 15 is 0 Å². The Bertz CT molecular complexity index is 113. The lowest BCUT2D eigenvalue weighted by atomic mass is 9.90. The number of aliphatic hydroxyl groups excluding tert-OH is 1. The van der Waals surface area contributed by atoms with Gasteiger partial charge in [-0.1, -0.05) is 6.42 Å². The molecule has 2 nitrogen and oxygen atoms in total. The molecule has 2 rings (SSSR count). The molecule has 52 valence electrons. The summed E-state index contributed by atoms with van der Waals surface area (Å²) in [4.78, 5) is 0. The smallest absolute Gasteiger partial charge is 0.0891 e. The number of fused-ring (bicyclic) bond motifs is 1. The third-order valence-electron chi connectivity index (χ3n) is 2.38. The molecule has 1 heterocycles. The van der Waals surface area contributed by atoms with Crippen LogP contribution in [0.4, 0.5) is 0 Å². The lowest BCUT2D eigenvalue weighted by molar-refractivity contribution is 0.184. The maximum atomic E-state index is 8.81. The van der Waals surface area contributed by atoms with E-state index < -0.39 is 0 Å². The van der Waals surface area contributed by atoms with Crippen molar-refractivity contribution in [3.05, 3.63) is 0 Å². The van der Waals surface area contributed by atoms with Crippen molar-refractivity contribution < 1.29 is 9.84 Å². The Morgan fingerprint density at radius 2 is 2.33 bits per heavy atom. The van der Waals surface area contributed by atoms with Gasteiger partial charge in [0.05, 0.1) is 12.2 Å². The van der Waals surface area contributed by atoms with Crippen LogP contribution in [0.3, 0.4) is 0 Å². The van der Waals surface area contributed by atoms with E-state index in [1.807, 2.05) is 0 Å². The third-order valence-corrected chi connectivity index (χ3v) is 2.38. The van der Waals surface area contributed by atoms with E-state index in [1.165, 1.54) is 12.8 Å². The van der Waals surface area contributed by atoms with Crippen LogP contribution in [0.1, 0.15) is 19.3 Å². The first-order valence-corrected chi connectivity index (χ1v) is 3.68. The first kappa shape index (κ1) is 5.69. The second kappa shape index (κ2) is 1.96. The van der Waals surface area contributed by atoms with Gasteiger partial charge in [0.25, 0.3) is 0 Å². The zero-order chi connectivity index (χ0) is 6.27. The predicted molar refractivity (Wildman–Crippen MR) is 33.1 cm³/mol. The molecule has 1 saturated carbocycles. The minimum absolute atomic E-state index is 0.321. The number of aliphatic hydroxyl groups is 1. The van der Waals surface area contributed by atoms with Gasteiger partial charge in [0, 0.05) is 12.5 Å². The molecular formula is C7H12O2.